The molecule has 11 heavy (non-hydrogen) atoms. The van der Waals surface area contributed by atoms with Gasteiger partial charge in [0.05, 0.1) is 5.92 Å². The molecule has 2 aliphatic rings. The normalized spacial score (nSPS) is 46.6. The van der Waals surface area contributed by atoms with Gasteiger partial charge in [-0.3, -0.25) is 4.79 Å². The van der Waals surface area contributed by atoms with Gasteiger partial charge in [-0.2, -0.15) is 0 Å². The molecular formula is C9H12O2. The lowest BCUT2D eigenvalue weighted by Gasteiger charge is -2.19. The molecule has 0 unspecified atom stereocenters. The van der Waals surface area contributed by atoms with Crippen molar-refractivity contribution in [1.82, 2.24) is 0 Å². The lowest BCUT2D eigenvalue weighted by molar-refractivity contribution is -0.144. The molecule has 2 heteroatoms. The molecule has 2 rings (SSSR count). The van der Waals surface area contributed by atoms with Crippen LogP contribution in [0.3, 0.4) is 0 Å². The molecule has 0 aromatic heterocycles. The molecular weight excluding hydrogens is 140 g/mol. The van der Waals surface area contributed by atoms with Crippen LogP contribution in [0.4, 0.5) is 0 Å². The monoisotopic (exact) mass is 152 g/mol. The SMILES string of the molecule is C[C@@H]1[C@H](C(=O)O)[C@H]2C=C[C@@H]1C2. The van der Waals surface area contributed by atoms with Crippen molar-refractivity contribution in [3.05, 3.63) is 12.2 Å². The van der Waals surface area contributed by atoms with Crippen molar-refractivity contribution in [1.29, 1.82) is 0 Å². The van der Waals surface area contributed by atoms with Crippen LogP contribution in [0.5, 0.6) is 0 Å². The largest absolute Gasteiger partial charge is 0.481 e. The molecule has 0 radical (unpaired) electrons. The average molecular weight is 152 g/mol. The molecule has 1 N–H and O–H groups in total. The molecule has 2 bridgehead atoms. The van der Waals surface area contributed by atoms with E-state index >= 15 is 0 Å². The van der Waals surface area contributed by atoms with Crippen molar-refractivity contribution in [2.75, 3.05) is 0 Å². The lowest BCUT2D eigenvalue weighted by atomic mass is 9.85. The second kappa shape index (κ2) is 2.10. The van der Waals surface area contributed by atoms with Crippen molar-refractivity contribution >= 4 is 5.97 Å². The minimum Gasteiger partial charge on any atom is -0.481 e. The van der Waals surface area contributed by atoms with E-state index in [1.54, 1.807) is 0 Å². The summed E-state index contributed by atoms with van der Waals surface area (Å²) in [7, 11) is 0. The predicted octanol–water partition coefficient (Wildman–Crippen LogP) is 1.53. The van der Waals surface area contributed by atoms with Crippen LogP contribution in [0.15, 0.2) is 12.2 Å². The van der Waals surface area contributed by atoms with Crippen LogP contribution in [0, 0.1) is 23.7 Å². The van der Waals surface area contributed by atoms with Crippen molar-refractivity contribution in [3.8, 4) is 0 Å². The number of hydrogen-bond acceptors (Lipinski definition) is 1. The summed E-state index contributed by atoms with van der Waals surface area (Å²) in [6.07, 6.45) is 5.32. The summed E-state index contributed by atoms with van der Waals surface area (Å²) >= 11 is 0. The second-order valence-electron chi connectivity index (χ2n) is 3.67. The van der Waals surface area contributed by atoms with Crippen LogP contribution in [0.2, 0.25) is 0 Å². The second-order valence-corrected chi connectivity index (χ2v) is 3.67. The predicted molar refractivity (Wildman–Crippen MR) is 41.0 cm³/mol. The molecule has 0 aliphatic heterocycles. The minimum atomic E-state index is -0.616. The van der Waals surface area contributed by atoms with E-state index in [1.807, 2.05) is 6.92 Å². The molecule has 0 heterocycles. The number of carboxylic acid groups (broad SMARTS) is 1. The molecule has 0 saturated heterocycles. The average Bonchev–Trinajstić information content (AvgIpc) is 2.44. The first kappa shape index (κ1) is 6.89. The highest BCUT2D eigenvalue weighted by Gasteiger charge is 2.45. The Labute approximate surface area is 65.9 Å². The Hall–Kier alpha value is -0.790. The number of fused-ring (bicyclic) bond motifs is 2. The van der Waals surface area contributed by atoms with Gasteiger partial charge in [-0.25, -0.2) is 0 Å². The Morgan fingerprint density at radius 3 is 2.45 bits per heavy atom. The van der Waals surface area contributed by atoms with E-state index in [4.69, 9.17) is 5.11 Å². The molecule has 0 aromatic rings. The van der Waals surface area contributed by atoms with Crippen molar-refractivity contribution < 1.29 is 9.90 Å². The fourth-order valence-corrected chi connectivity index (χ4v) is 2.48. The smallest absolute Gasteiger partial charge is 0.307 e. The molecule has 2 nitrogen and oxygen atoms in total. The Morgan fingerprint density at radius 2 is 2.09 bits per heavy atom. The van der Waals surface area contributed by atoms with E-state index in [1.165, 1.54) is 0 Å². The van der Waals surface area contributed by atoms with Crippen LogP contribution >= 0.6 is 0 Å². The Morgan fingerprint density at radius 1 is 1.45 bits per heavy atom. The lowest BCUT2D eigenvalue weighted by Crippen LogP contribution is -2.25. The fraction of sp³-hybridized carbons (Fsp3) is 0.667. The number of rotatable bonds is 1. The van der Waals surface area contributed by atoms with Gasteiger partial charge in [0.15, 0.2) is 0 Å². The summed E-state index contributed by atoms with van der Waals surface area (Å²) in [5.41, 5.74) is 0. The number of carbonyl (C=O) groups is 1. The molecule has 0 spiro atoms. The summed E-state index contributed by atoms with van der Waals surface area (Å²) < 4.78 is 0. The molecule has 1 saturated carbocycles. The molecule has 60 valence electrons. The highest BCUT2D eigenvalue weighted by molar-refractivity contribution is 5.72. The quantitative estimate of drug-likeness (QED) is 0.578. The number of allylic oxidation sites excluding steroid dienone is 2. The van der Waals surface area contributed by atoms with Gasteiger partial charge in [0, 0.05) is 0 Å². The summed E-state index contributed by atoms with van der Waals surface area (Å²) in [6, 6.07) is 0. The molecule has 1 fully saturated rings. The standard InChI is InChI=1S/C9H12O2/c1-5-6-2-3-7(4-6)8(5)9(10)11/h2-3,5-8H,4H2,1H3,(H,10,11)/t5-,6+,7-,8-/m0/s1. The molecule has 0 amide bonds. The third-order valence-corrected chi connectivity index (χ3v) is 3.14. The first-order valence-electron chi connectivity index (χ1n) is 4.11. The zero-order valence-corrected chi connectivity index (χ0v) is 6.53. The van der Waals surface area contributed by atoms with Crippen LogP contribution in [-0.4, -0.2) is 11.1 Å². The van der Waals surface area contributed by atoms with Crippen LogP contribution in [0.1, 0.15) is 13.3 Å². The van der Waals surface area contributed by atoms with E-state index in [2.05, 4.69) is 12.2 Å². The summed E-state index contributed by atoms with van der Waals surface area (Å²) in [4.78, 5) is 10.8. The first-order valence-corrected chi connectivity index (χ1v) is 4.11. The van der Waals surface area contributed by atoms with Crippen LogP contribution in [0.25, 0.3) is 0 Å². The Balaban J connectivity index is 2.25. The maximum atomic E-state index is 10.8. The van der Waals surface area contributed by atoms with Gasteiger partial charge in [0.2, 0.25) is 0 Å². The van der Waals surface area contributed by atoms with Gasteiger partial charge < -0.3 is 5.11 Å². The highest BCUT2D eigenvalue weighted by Crippen LogP contribution is 2.47. The number of aliphatic carboxylic acids is 1. The van der Waals surface area contributed by atoms with E-state index < -0.39 is 5.97 Å². The minimum absolute atomic E-state index is 0.106. The van der Waals surface area contributed by atoms with Gasteiger partial charge in [0.25, 0.3) is 0 Å². The van der Waals surface area contributed by atoms with E-state index in [0.717, 1.165) is 6.42 Å². The van der Waals surface area contributed by atoms with E-state index in [-0.39, 0.29) is 5.92 Å². The maximum absolute atomic E-state index is 10.8. The zero-order valence-electron chi connectivity index (χ0n) is 6.53. The van der Waals surface area contributed by atoms with Crippen molar-refractivity contribution in [3.63, 3.8) is 0 Å². The van der Waals surface area contributed by atoms with Gasteiger partial charge in [0.1, 0.15) is 0 Å². The van der Waals surface area contributed by atoms with Gasteiger partial charge in [-0.1, -0.05) is 19.1 Å². The van der Waals surface area contributed by atoms with Crippen LogP contribution in [-0.2, 0) is 4.79 Å². The topological polar surface area (TPSA) is 37.3 Å². The third kappa shape index (κ3) is 0.817. The summed E-state index contributed by atoms with van der Waals surface area (Å²) in [6.45, 7) is 2.05. The van der Waals surface area contributed by atoms with Gasteiger partial charge >= 0.3 is 5.97 Å². The molecule has 4 atom stereocenters. The maximum Gasteiger partial charge on any atom is 0.307 e. The van der Waals surface area contributed by atoms with Gasteiger partial charge in [-0.05, 0) is 24.2 Å². The van der Waals surface area contributed by atoms with Crippen LogP contribution < -0.4 is 0 Å². The zero-order chi connectivity index (χ0) is 8.01. The Kier molecular flexibility index (Phi) is 1.31. The van der Waals surface area contributed by atoms with Gasteiger partial charge in [-0.15, -0.1) is 0 Å². The molecule has 2 aliphatic carbocycles. The highest BCUT2D eigenvalue weighted by atomic mass is 16.4. The van der Waals surface area contributed by atoms with E-state index in [0.29, 0.717) is 17.8 Å². The molecule has 0 aromatic carbocycles. The third-order valence-electron chi connectivity index (χ3n) is 3.14. The number of carboxylic acids is 1. The summed E-state index contributed by atoms with van der Waals surface area (Å²) in [5, 5.41) is 8.87. The van der Waals surface area contributed by atoms with Crippen molar-refractivity contribution in [2.45, 2.75) is 13.3 Å². The fourth-order valence-electron chi connectivity index (χ4n) is 2.48. The number of hydrogen-bond donors (Lipinski definition) is 1. The first-order chi connectivity index (χ1) is 5.20. The Bertz CT molecular complexity index is 220. The van der Waals surface area contributed by atoms with E-state index in [9.17, 15) is 4.79 Å². The van der Waals surface area contributed by atoms with Crippen molar-refractivity contribution in [2.24, 2.45) is 23.7 Å². The summed E-state index contributed by atoms with van der Waals surface area (Å²) in [5.74, 6) is 0.496.